The fraction of sp³-hybridized carbons (Fsp3) is 0.286. The lowest BCUT2D eigenvalue weighted by molar-refractivity contribution is 0.174. The first kappa shape index (κ1) is 18.6. The third-order valence-corrected chi connectivity index (χ3v) is 4.14. The van der Waals surface area contributed by atoms with Gasteiger partial charge in [-0.15, -0.1) is 0 Å². The summed E-state index contributed by atoms with van der Waals surface area (Å²) in [6.07, 6.45) is 2.59. The summed E-state index contributed by atoms with van der Waals surface area (Å²) in [4.78, 5) is 4.28. The molecule has 0 unspecified atom stereocenters. The molecule has 0 saturated heterocycles. The van der Waals surface area contributed by atoms with Crippen LogP contribution in [0.15, 0.2) is 60.1 Å². The van der Waals surface area contributed by atoms with Crippen molar-refractivity contribution >= 4 is 5.96 Å². The minimum Gasteiger partial charge on any atom is -0.489 e. The van der Waals surface area contributed by atoms with Crippen LogP contribution in [-0.2, 0) is 13.0 Å². The molecular formula is C21H25N3O3. The van der Waals surface area contributed by atoms with E-state index in [2.05, 4.69) is 28.3 Å². The van der Waals surface area contributed by atoms with Gasteiger partial charge in [0.15, 0.2) is 17.5 Å². The van der Waals surface area contributed by atoms with Crippen LogP contribution in [0.4, 0.5) is 0 Å². The molecule has 2 aromatic carbocycles. The first-order valence-electron chi connectivity index (χ1n) is 8.95. The van der Waals surface area contributed by atoms with Gasteiger partial charge in [-0.05, 0) is 30.2 Å². The van der Waals surface area contributed by atoms with E-state index < -0.39 is 0 Å². The molecule has 2 aromatic rings. The van der Waals surface area contributed by atoms with Crippen LogP contribution in [0, 0.1) is 0 Å². The minimum atomic E-state index is 0.297. The van der Waals surface area contributed by atoms with Crippen LogP contribution in [0.25, 0.3) is 0 Å². The molecule has 0 radical (unpaired) electrons. The molecule has 0 amide bonds. The summed E-state index contributed by atoms with van der Waals surface area (Å²) in [6.45, 7) is 5.85. The van der Waals surface area contributed by atoms with E-state index in [1.165, 1.54) is 5.56 Å². The number of ether oxygens (including phenoxy) is 3. The van der Waals surface area contributed by atoms with Crippen LogP contribution in [0.5, 0.6) is 17.2 Å². The lowest BCUT2D eigenvalue weighted by atomic mass is 10.1. The predicted molar refractivity (Wildman–Crippen MR) is 107 cm³/mol. The number of hydrogen-bond acceptors (Lipinski definition) is 4. The zero-order valence-corrected chi connectivity index (χ0v) is 15.5. The van der Waals surface area contributed by atoms with Gasteiger partial charge in [0.25, 0.3) is 0 Å². The van der Waals surface area contributed by atoms with Gasteiger partial charge in [-0.3, -0.25) is 4.99 Å². The molecule has 0 aliphatic carbocycles. The number of guanidine groups is 1. The highest BCUT2D eigenvalue weighted by atomic mass is 16.7. The number of fused-ring (bicyclic) bond motifs is 1. The van der Waals surface area contributed by atoms with Gasteiger partial charge in [0.1, 0.15) is 12.4 Å². The topological polar surface area (TPSA) is 64.1 Å². The van der Waals surface area contributed by atoms with Crippen LogP contribution in [-0.4, -0.2) is 33.0 Å². The maximum atomic E-state index is 5.69. The first-order valence-corrected chi connectivity index (χ1v) is 8.95. The van der Waals surface area contributed by atoms with E-state index in [9.17, 15) is 0 Å². The molecular weight excluding hydrogens is 342 g/mol. The van der Waals surface area contributed by atoms with Crippen molar-refractivity contribution in [2.75, 3.05) is 27.0 Å². The Hall–Kier alpha value is -3.15. The summed E-state index contributed by atoms with van der Waals surface area (Å²) < 4.78 is 16.4. The highest BCUT2D eigenvalue weighted by Gasteiger charge is 2.13. The van der Waals surface area contributed by atoms with Crippen molar-refractivity contribution in [1.82, 2.24) is 10.6 Å². The molecule has 3 rings (SSSR count). The molecule has 0 bridgehead atoms. The predicted octanol–water partition coefficient (Wildman–Crippen LogP) is 2.89. The number of hydrogen-bond donors (Lipinski definition) is 2. The molecule has 0 spiro atoms. The summed E-state index contributed by atoms with van der Waals surface area (Å²) in [7, 11) is 1.76. The van der Waals surface area contributed by atoms with Gasteiger partial charge < -0.3 is 24.8 Å². The average molecular weight is 367 g/mol. The molecule has 142 valence electrons. The molecule has 2 N–H and O–H groups in total. The van der Waals surface area contributed by atoms with E-state index in [-0.39, 0.29) is 0 Å². The number of nitrogens with zero attached hydrogens (tertiary/aromatic N) is 1. The van der Waals surface area contributed by atoms with Crippen molar-refractivity contribution in [2.45, 2.75) is 13.0 Å². The van der Waals surface area contributed by atoms with E-state index in [0.717, 1.165) is 41.7 Å². The lowest BCUT2D eigenvalue weighted by Crippen LogP contribution is -2.37. The second-order valence-corrected chi connectivity index (χ2v) is 6.00. The zero-order valence-electron chi connectivity index (χ0n) is 15.5. The second-order valence-electron chi connectivity index (χ2n) is 6.00. The first-order chi connectivity index (χ1) is 13.3. The van der Waals surface area contributed by atoms with E-state index in [1.54, 1.807) is 13.1 Å². The van der Waals surface area contributed by atoms with Gasteiger partial charge in [-0.2, -0.15) is 0 Å². The van der Waals surface area contributed by atoms with Crippen molar-refractivity contribution in [3.63, 3.8) is 0 Å². The average Bonchev–Trinajstić information content (AvgIpc) is 3.17. The maximum absolute atomic E-state index is 5.69. The molecule has 1 heterocycles. The Labute approximate surface area is 159 Å². The summed E-state index contributed by atoms with van der Waals surface area (Å²) in [5.74, 6) is 3.21. The third kappa shape index (κ3) is 5.17. The Kier molecular flexibility index (Phi) is 6.57. The normalized spacial score (nSPS) is 12.6. The molecule has 0 atom stereocenters. The molecule has 1 aliphatic heterocycles. The zero-order chi connectivity index (χ0) is 18.9. The van der Waals surface area contributed by atoms with Crippen molar-refractivity contribution in [3.8, 4) is 17.2 Å². The lowest BCUT2D eigenvalue weighted by Gasteiger charge is -2.14. The van der Waals surface area contributed by atoms with Crippen LogP contribution >= 0.6 is 0 Å². The Morgan fingerprint density at radius 2 is 2.04 bits per heavy atom. The quantitative estimate of drug-likeness (QED) is 0.427. The molecule has 6 heteroatoms. The Morgan fingerprint density at radius 3 is 2.89 bits per heavy atom. The van der Waals surface area contributed by atoms with Crippen molar-refractivity contribution in [1.29, 1.82) is 0 Å². The van der Waals surface area contributed by atoms with Crippen LogP contribution in [0.1, 0.15) is 11.1 Å². The van der Waals surface area contributed by atoms with E-state index in [1.807, 2.05) is 36.4 Å². The molecule has 1 aliphatic rings. The number of nitrogens with one attached hydrogen (secondary N) is 2. The standard InChI is InChI=1S/C21H25N3O3/c1-3-12-25-18-7-5-4-6-17(18)14-24-21(22-2)23-11-10-16-8-9-19-20(13-16)27-15-26-19/h3-9,13H,1,10-12,14-15H2,2H3,(H2,22,23,24). The molecule has 6 nitrogen and oxygen atoms in total. The van der Waals surface area contributed by atoms with Gasteiger partial charge in [0.2, 0.25) is 6.79 Å². The van der Waals surface area contributed by atoms with Crippen LogP contribution in [0.3, 0.4) is 0 Å². The summed E-state index contributed by atoms with van der Waals surface area (Å²) in [5, 5.41) is 6.65. The number of aliphatic imine (C=N–C) groups is 1. The fourth-order valence-corrected chi connectivity index (χ4v) is 2.76. The van der Waals surface area contributed by atoms with Crippen LogP contribution < -0.4 is 24.8 Å². The fourth-order valence-electron chi connectivity index (χ4n) is 2.76. The molecule has 27 heavy (non-hydrogen) atoms. The number of benzene rings is 2. The second kappa shape index (κ2) is 9.52. The van der Waals surface area contributed by atoms with Crippen molar-refractivity contribution in [2.24, 2.45) is 4.99 Å². The Morgan fingerprint density at radius 1 is 1.19 bits per heavy atom. The molecule has 0 aromatic heterocycles. The monoisotopic (exact) mass is 367 g/mol. The molecule has 0 saturated carbocycles. The summed E-state index contributed by atoms with van der Waals surface area (Å²) in [5.41, 5.74) is 2.25. The van der Waals surface area contributed by atoms with Crippen LogP contribution in [0.2, 0.25) is 0 Å². The highest BCUT2D eigenvalue weighted by molar-refractivity contribution is 5.79. The number of rotatable bonds is 8. The molecule has 0 fully saturated rings. The Bertz CT molecular complexity index is 805. The van der Waals surface area contributed by atoms with Gasteiger partial charge in [-0.25, -0.2) is 0 Å². The summed E-state index contributed by atoms with van der Waals surface area (Å²) in [6, 6.07) is 14.0. The van der Waals surface area contributed by atoms with E-state index in [4.69, 9.17) is 14.2 Å². The Balaban J connectivity index is 1.48. The SMILES string of the molecule is C=CCOc1ccccc1CNC(=NC)NCCc1ccc2c(c1)OCO2. The van der Waals surface area contributed by atoms with Gasteiger partial charge in [-0.1, -0.05) is 36.9 Å². The third-order valence-electron chi connectivity index (χ3n) is 4.14. The minimum absolute atomic E-state index is 0.297. The smallest absolute Gasteiger partial charge is 0.231 e. The van der Waals surface area contributed by atoms with E-state index >= 15 is 0 Å². The van der Waals surface area contributed by atoms with Gasteiger partial charge >= 0.3 is 0 Å². The highest BCUT2D eigenvalue weighted by Crippen LogP contribution is 2.32. The van der Waals surface area contributed by atoms with Gasteiger partial charge in [0.05, 0.1) is 0 Å². The van der Waals surface area contributed by atoms with Crippen molar-refractivity contribution in [3.05, 3.63) is 66.2 Å². The summed E-state index contributed by atoms with van der Waals surface area (Å²) >= 11 is 0. The maximum Gasteiger partial charge on any atom is 0.231 e. The largest absolute Gasteiger partial charge is 0.489 e. The van der Waals surface area contributed by atoms with Crippen molar-refractivity contribution < 1.29 is 14.2 Å². The van der Waals surface area contributed by atoms with E-state index in [0.29, 0.717) is 19.9 Å². The number of para-hydroxylation sites is 1. The van der Waals surface area contributed by atoms with Gasteiger partial charge in [0, 0.05) is 25.7 Å².